The highest BCUT2D eigenvalue weighted by atomic mass is 79.9. The van der Waals surface area contributed by atoms with Gasteiger partial charge in [0, 0.05) is 24.2 Å². The molecule has 0 atom stereocenters. The topological polar surface area (TPSA) is 40.5 Å². The second-order valence-corrected chi connectivity index (χ2v) is 5.58. The van der Waals surface area contributed by atoms with Crippen LogP contribution in [0.3, 0.4) is 0 Å². The number of piperidine rings is 1. The highest BCUT2D eigenvalue weighted by Gasteiger charge is 2.26. The van der Waals surface area contributed by atoms with Gasteiger partial charge in [0.05, 0.1) is 5.56 Å². The highest BCUT2D eigenvalue weighted by molar-refractivity contribution is 9.10. The van der Waals surface area contributed by atoms with E-state index in [0.717, 1.165) is 6.07 Å². The Kier molecular flexibility index (Phi) is 4.52. The molecule has 1 aliphatic heterocycles. The first-order valence-corrected chi connectivity index (χ1v) is 6.87. The van der Waals surface area contributed by atoms with Gasteiger partial charge in [-0.2, -0.15) is 0 Å². The van der Waals surface area contributed by atoms with Gasteiger partial charge in [0.15, 0.2) is 11.6 Å². The van der Waals surface area contributed by atoms with Crippen LogP contribution in [0, 0.1) is 17.6 Å². The smallest absolute Gasteiger partial charge is 0.256 e. The number of benzene rings is 1. The van der Waals surface area contributed by atoms with E-state index in [4.69, 9.17) is 5.11 Å². The number of carbonyl (C=O) groups excluding carboxylic acids is 1. The minimum absolute atomic E-state index is 0.0991. The van der Waals surface area contributed by atoms with Crippen molar-refractivity contribution in [2.45, 2.75) is 12.8 Å². The van der Waals surface area contributed by atoms with Gasteiger partial charge in [-0.3, -0.25) is 4.79 Å². The Morgan fingerprint density at radius 3 is 2.58 bits per heavy atom. The minimum Gasteiger partial charge on any atom is -0.396 e. The first kappa shape index (κ1) is 14.4. The largest absolute Gasteiger partial charge is 0.396 e. The lowest BCUT2D eigenvalue weighted by Crippen LogP contribution is -2.39. The fraction of sp³-hybridized carbons (Fsp3) is 0.462. The second kappa shape index (κ2) is 5.96. The molecule has 0 spiro atoms. The summed E-state index contributed by atoms with van der Waals surface area (Å²) in [6.07, 6.45) is 1.36. The molecule has 1 saturated heterocycles. The van der Waals surface area contributed by atoms with Gasteiger partial charge in [-0.15, -0.1) is 0 Å². The van der Waals surface area contributed by atoms with Crippen LogP contribution >= 0.6 is 15.9 Å². The molecule has 0 saturated carbocycles. The number of aliphatic hydroxyl groups excluding tert-OH is 1. The number of hydrogen-bond acceptors (Lipinski definition) is 2. The maximum Gasteiger partial charge on any atom is 0.256 e. The summed E-state index contributed by atoms with van der Waals surface area (Å²) in [5.74, 6) is -2.47. The molecule has 0 unspecified atom stereocenters. The van der Waals surface area contributed by atoms with E-state index >= 15 is 0 Å². The molecular weight excluding hydrogens is 320 g/mol. The fourth-order valence-corrected chi connectivity index (χ4v) is 2.63. The number of halogens is 3. The van der Waals surface area contributed by atoms with Crippen molar-refractivity contribution in [3.8, 4) is 0 Å². The molecule has 1 amide bonds. The van der Waals surface area contributed by atoms with Crippen LogP contribution in [0.1, 0.15) is 23.2 Å². The van der Waals surface area contributed by atoms with Crippen molar-refractivity contribution >= 4 is 21.8 Å². The molecule has 1 aromatic carbocycles. The fourth-order valence-electron chi connectivity index (χ4n) is 2.20. The zero-order valence-electron chi connectivity index (χ0n) is 10.2. The number of likely N-dealkylation sites (tertiary alicyclic amines) is 1. The Balaban J connectivity index is 2.17. The SMILES string of the molecule is O=C(c1cc(Br)cc(F)c1F)N1CCC(CO)CC1. The standard InChI is InChI=1S/C13H14BrF2NO2/c14-9-5-10(12(16)11(15)6-9)13(19)17-3-1-8(7-18)2-4-17/h5-6,8,18H,1-4,7H2. The van der Waals surface area contributed by atoms with Crippen LogP contribution in [0.15, 0.2) is 16.6 Å². The predicted molar refractivity (Wildman–Crippen MR) is 69.8 cm³/mol. The van der Waals surface area contributed by atoms with Gasteiger partial charge in [0.25, 0.3) is 5.91 Å². The summed E-state index contributed by atoms with van der Waals surface area (Å²) < 4.78 is 27.3. The van der Waals surface area contributed by atoms with Gasteiger partial charge in [0.2, 0.25) is 0 Å². The molecular formula is C13H14BrF2NO2. The van der Waals surface area contributed by atoms with Crippen molar-refractivity contribution in [1.82, 2.24) is 4.90 Å². The molecule has 1 heterocycles. The lowest BCUT2D eigenvalue weighted by molar-refractivity contribution is 0.0645. The maximum atomic E-state index is 13.6. The highest BCUT2D eigenvalue weighted by Crippen LogP contribution is 2.23. The number of carbonyl (C=O) groups is 1. The second-order valence-electron chi connectivity index (χ2n) is 4.67. The lowest BCUT2D eigenvalue weighted by atomic mass is 9.97. The van der Waals surface area contributed by atoms with Gasteiger partial charge in [-0.05, 0) is 30.9 Å². The van der Waals surface area contributed by atoms with Crippen molar-refractivity contribution in [3.63, 3.8) is 0 Å². The van der Waals surface area contributed by atoms with Gasteiger partial charge in [-0.1, -0.05) is 15.9 Å². The van der Waals surface area contributed by atoms with Crippen LogP contribution in [0.25, 0.3) is 0 Å². The number of rotatable bonds is 2. The molecule has 104 valence electrons. The van der Waals surface area contributed by atoms with Gasteiger partial charge < -0.3 is 10.0 Å². The van der Waals surface area contributed by atoms with E-state index in [-0.39, 0.29) is 18.1 Å². The molecule has 0 bridgehead atoms. The normalized spacial score (nSPS) is 16.7. The van der Waals surface area contributed by atoms with Crippen LogP contribution in [0.4, 0.5) is 8.78 Å². The Labute approximate surface area is 118 Å². The molecule has 19 heavy (non-hydrogen) atoms. The Morgan fingerprint density at radius 2 is 2.00 bits per heavy atom. The van der Waals surface area contributed by atoms with E-state index in [1.807, 2.05) is 0 Å². The summed E-state index contributed by atoms with van der Waals surface area (Å²) in [6.45, 7) is 1.01. The van der Waals surface area contributed by atoms with Crippen LogP contribution < -0.4 is 0 Å². The van der Waals surface area contributed by atoms with E-state index in [9.17, 15) is 13.6 Å². The van der Waals surface area contributed by atoms with Crippen molar-refractivity contribution < 1.29 is 18.7 Å². The van der Waals surface area contributed by atoms with Gasteiger partial charge in [0.1, 0.15) is 0 Å². The average Bonchev–Trinajstić information content (AvgIpc) is 2.42. The summed E-state index contributed by atoms with van der Waals surface area (Å²) in [5, 5.41) is 9.03. The van der Waals surface area contributed by atoms with E-state index in [0.29, 0.717) is 30.4 Å². The van der Waals surface area contributed by atoms with Crippen molar-refractivity contribution in [1.29, 1.82) is 0 Å². The summed E-state index contributed by atoms with van der Waals surface area (Å²) in [7, 11) is 0. The number of nitrogens with zero attached hydrogens (tertiary/aromatic N) is 1. The van der Waals surface area contributed by atoms with Crippen molar-refractivity contribution in [2.75, 3.05) is 19.7 Å². The van der Waals surface area contributed by atoms with E-state index in [1.165, 1.54) is 11.0 Å². The zero-order valence-corrected chi connectivity index (χ0v) is 11.8. The zero-order chi connectivity index (χ0) is 14.0. The van der Waals surface area contributed by atoms with Gasteiger partial charge in [-0.25, -0.2) is 8.78 Å². The minimum atomic E-state index is -1.11. The summed E-state index contributed by atoms with van der Waals surface area (Å²) >= 11 is 3.05. The Hall–Kier alpha value is -1.01. The molecule has 0 aromatic heterocycles. The quantitative estimate of drug-likeness (QED) is 0.845. The van der Waals surface area contributed by atoms with Crippen molar-refractivity contribution in [3.05, 3.63) is 33.8 Å². The number of amides is 1. The molecule has 2 rings (SSSR count). The average molecular weight is 334 g/mol. The van der Waals surface area contributed by atoms with E-state index < -0.39 is 17.5 Å². The molecule has 1 aliphatic rings. The molecule has 6 heteroatoms. The number of hydrogen-bond donors (Lipinski definition) is 1. The van der Waals surface area contributed by atoms with Gasteiger partial charge >= 0.3 is 0 Å². The molecule has 3 nitrogen and oxygen atoms in total. The van der Waals surface area contributed by atoms with E-state index in [2.05, 4.69) is 15.9 Å². The third-order valence-corrected chi connectivity index (χ3v) is 3.84. The summed E-state index contributed by atoms with van der Waals surface area (Å²) in [6, 6.07) is 2.28. The number of aliphatic hydroxyl groups is 1. The van der Waals surface area contributed by atoms with Crippen molar-refractivity contribution in [2.24, 2.45) is 5.92 Å². The molecule has 0 radical (unpaired) electrons. The maximum absolute atomic E-state index is 13.6. The first-order chi connectivity index (χ1) is 9.02. The predicted octanol–water partition coefficient (Wildman–Crippen LogP) is 2.57. The third-order valence-electron chi connectivity index (χ3n) is 3.38. The molecule has 1 fully saturated rings. The molecule has 0 aliphatic carbocycles. The Bertz CT molecular complexity index is 488. The lowest BCUT2D eigenvalue weighted by Gasteiger charge is -2.31. The van der Waals surface area contributed by atoms with Crippen LogP contribution in [0.2, 0.25) is 0 Å². The molecule has 1 N–H and O–H groups in total. The third kappa shape index (κ3) is 3.12. The van der Waals surface area contributed by atoms with Crippen LogP contribution in [0.5, 0.6) is 0 Å². The van der Waals surface area contributed by atoms with Crippen LogP contribution in [-0.2, 0) is 0 Å². The Morgan fingerprint density at radius 1 is 1.37 bits per heavy atom. The van der Waals surface area contributed by atoms with Crippen LogP contribution in [-0.4, -0.2) is 35.6 Å². The first-order valence-electron chi connectivity index (χ1n) is 6.07. The monoisotopic (exact) mass is 333 g/mol. The molecule has 1 aromatic rings. The summed E-state index contributed by atoms with van der Waals surface area (Å²) in [4.78, 5) is 13.7. The van der Waals surface area contributed by atoms with E-state index in [1.54, 1.807) is 0 Å². The summed E-state index contributed by atoms with van der Waals surface area (Å²) in [5.41, 5.74) is -0.255.